The molecular formula is C24H27N3O4S. The SMILES string of the molecule is CCOC(=O)N1CCN(C(=O)c2ccc([C@@H]3SCC(=O)N3Cc3ccccc3)cc2)CC1. The Kier molecular flexibility index (Phi) is 6.99. The van der Waals surface area contributed by atoms with Gasteiger partial charge in [0.2, 0.25) is 5.91 Å². The molecule has 0 aliphatic carbocycles. The summed E-state index contributed by atoms with van der Waals surface area (Å²) in [5.74, 6) is 0.544. The fourth-order valence-corrected chi connectivity index (χ4v) is 5.15. The molecule has 7 nitrogen and oxygen atoms in total. The smallest absolute Gasteiger partial charge is 0.409 e. The highest BCUT2D eigenvalue weighted by atomic mass is 32.2. The lowest BCUT2D eigenvalue weighted by Gasteiger charge is -2.34. The van der Waals surface area contributed by atoms with Crippen molar-refractivity contribution in [1.82, 2.24) is 14.7 Å². The maximum atomic E-state index is 12.9. The van der Waals surface area contributed by atoms with E-state index in [0.29, 0.717) is 50.6 Å². The molecule has 0 saturated carbocycles. The van der Waals surface area contributed by atoms with Crippen molar-refractivity contribution in [3.05, 3.63) is 71.3 Å². The molecule has 1 atom stereocenters. The molecule has 0 N–H and O–H groups in total. The summed E-state index contributed by atoms with van der Waals surface area (Å²) in [4.78, 5) is 42.5. The first-order valence-electron chi connectivity index (χ1n) is 10.8. The standard InChI is InChI=1S/C24H27N3O4S/c1-2-31-24(30)26-14-12-25(13-15-26)22(29)19-8-10-20(11-9-19)23-27(21(28)17-32-23)16-18-6-4-3-5-7-18/h3-11,23H,2,12-17H2,1H3/t23-/m0/s1. The zero-order chi connectivity index (χ0) is 22.5. The van der Waals surface area contributed by atoms with E-state index in [1.54, 1.807) is 28.5 Å². The molecule has 2 heterocycles. The molecule has 32 heavy (non-hydrogen) atoms. The molecule has 4 rings (SSSR count). The molecule has 0 aromatic heterocycles. The molecule has 2 aliphatic heterocycles. The first kappa shape index (κ1) is 22.2. The van der Waals surface area contributed by atoms with Gasteiger partial charge in [0, 0.05) is 38.3 Å². The van der Waals surface area contributed by atoms with Gasteiger partial charge in [0.05, 0.1) is 12.4 Å². The third-order valence-corrected chi connectivity index (χ3v) is 6.96. The number of nitrogens with zero attached hydrogens (tertiary/aromatic N) is 3. The molecule has 3 amide bonds. The summed E-state index contributed by atoms with van der Waals surface area (Å²) in [5.41, 5.74) is 2.73. The molecule has 0 radical (unpaired) electrons. The van der Waals surface area contributed by atoms with Crippen LogP contribution >= 0.6 is 11.8 Å². The quantitative estimate of drug-likeness (QED) is 0.694. The fourth-order valence-electron chi connectivity index (χ4n) is 3.96. The molecule has 0 spiro atoms. The van der Waals surface area contributed by atoms with Gasteiger partial charge in [0.1, 0.15) is 5.37 Å². The normalized spacial score (nSPS) is 18.7. The Morgan fingerprint density at radius 3 is 2.28 bits per heavy atom. The van der Waals surface area contributed by atoms with Gasteiger partial charge in [-0.1, -0.05) is 42.5 Å². The van der Waals surface area contributed by atoms with E-state index in [2.05, 4.69) is 0 Å². The maximum Gasteiger partial charge on any atom is 0.409 e. The molecule has 0 unspecified atom stereocenters. The van der Waals surface area contributed by atoms with Crippen molar-refractivity contribution in [3.8, 4) is 0 Å². The number of hydrogen-bond acceptors (Lipinski definition) is 5. The van der Waals surface area contributed by atoms with Crippen LogP contribution < -0.4 is 0 Å². The largest absolute Gasteiger partial charge is 0.450 e. The van der Waals surface area contributed by atoms with Crippen molar-refractivity contribution in [2.24, 2.45) is 0 Å². The topological polar surface area (TPSA) is 70.2 Å². The molecule has 2 saturated heterocycles. The first-order chi connectivity index (χ1) is 15.6. The molecular weight excluding hydrogens is 426 g/mol. The van der Waals surface area contributed by atoms with Gasteiger partial charge in [-0.3, -0.25) is 9.59 Å². The molecule has 0 bridgehead atoms. The maximum absolute atomic E-state index is 12.9. The monoisotopic (exact) mass is 453 g/mol. The van der Waals surface area contributed by atoms with Crippen LogP contribution in [0, 0.1) is 0 Å². The highest BCUT2D eigenvalue weighted by molar-refractivity contribution is 8.00. The molecule has 2 aromatic rings. The number of piperazine rings is 1. The predicted molar refractivity (Wildman–Crippen MR) is 123 cm³/mol. The Morgan fingerprint density at radius 1 is 0.969 bits per heavy atom. The zero-order valence-electron chi connectivity index (χ0n) is 18.1. The van der Waals surface area contributed by atoms with Crippen LogP contribution in [0.4, 0.5) is 4.79 Å². The number of rotatable bonds is 5. The van der Waals surface area contributed by atoms with Crippen LogP contribution in [-0.4, -0.2) is 71.1 Å². The van der Waals surface area contributed by atoms with Crippen LogP contribution in [0.3, 0.4) is 0 Å². The first-order valence-corrected chi connectivity index (χ1v) is 11.9. The molecule has 2 fully saturated rings. The number of ether oxygens (including phenoxy) is 1. The van der Waals surface area contributed by atoms with E-state index >= 15 is 0 Å². The Balaban J connectivity index is 1.39. The van der Waals surface area contributed by atoms with E-state index in [-0.39, 0.29) is 23.3 Å². The Morgan fingerprint density at radius 2 is 1.62 bits per heavy atom. The number of thioether (sulfide) groups is 1. The van der Waals surface area contributed by atoms with Crippen LogP contribution in [0.5, 0.6) is 0 Å². The van der Waals surface area contributed by atoms with Crippen molar-refractivity contribution in [2.75, 3.05) is 38.5 Å². The molecule has 8 heteroatoms. The lowest BCUT2D eigenvalue weighted by Crippen LogP contribution is -2.50. The van der Waals surface area contributed by atoms with Crippen LogP contribution in [0.1, 0.15) is 33.8 Å². The second kappa shape index (κ2) is 10.1. The molecule has 2 aromatic carbocycles. The van der Waals surface area contributed by atoms with Crippen molar-refractivity contribution in [3.63, 3.8) is 0 Å². The fraction of sp³-hybridized carbons (Fsp3) is 0.375. The van der Waals surface area contributed by atoms with Gasteiger partial charge in [0.15, 0.2) is 0 Å². The summed E-state index contributed by atoms with van der Waals surface area (Å²) in [7, 11) is 0. The minimum Gasteiger partial charge on any atom is -0.450 e. The summed E-state index contributed by atoms with van der Waals surface area (Å²) in [5, 5.41) is -0.0556. The minimum absolute atomic E-state index is 0.0450. The molecule has 2 aliphatic rings. The number of benzene rings is 2. The van der Waals surface area contributed by atoms with Crippen LogP contribution in [0.25, 0.3) is 0 Å². The van der Waals surface area contributed by atoms with Gasteiger partial charge >= 0.3 is 6.09 Å². The summed E-state index contributed by atoms with van der Waals surface area (Å²) in [6, 6.07) is 17.5. The Bertz CT molecular complexity index is 959. The number of carbonyl (C=O) groups is 3. The van der Waals surface area contributed by atoms with Crippen molar-refractivity contribution in [2.45, 2.75) is 18.8 Å². The number of amides is 3. The number of carbonyl (C=O) groups excluding carboxylic acids is 3. The zero-order valence-corrected chi connectivity index (χ0v) is 18.9. The van der Waals surface area contributed by atoms with Gasteiger partial charge in [-0.2, -0.15) is 0 Å². The lowest BCUT2D eigenvalue weighted by atomic mass is 10.1. The van der Waals surface area contributed by atoms with Gasteiger partial charge in [-0.25, -0.2) is 4.79 Å². The van der Waals surface area contributed by atoms with Crippen LogP contribution in [0.15, 0.2) is 54.6 Å². The molecule has 168 valence electrons. The lowest BCUT2D eigenvalue weighted by molar-refractivity contribution is -0.128. The van der Waals surface area contributed by atoms with E-state index in [9.17, 15) is 14.4 Å². The predicted octanol–water partition coefficient (Wildman–Crippen LogP) is 3.38. The van der Waals surface area contributed by atoms with Gasteiger partial charge < -0.3 is 19.4 Å². The van der Waals surface area contributed by atoms with Crippen LogP contribution in [-0.2, 0) is 16.1 Å². The summed E-state index contributed by atoms with van der Waals surface area (Å²) in [6.45, 7) is 4.60. The van der Waals surface area contributed by atoms with E-state index in [1.807, 2.05) is 59.5 Å². The summed E-state index contributed by atoms with van der Waals surface area (Å²) in [6.07, 6.45) is -0.326. The highest BCUT2D eigenvalue weighted by Gasteiger charge is 2.33. The Labute approximate surface area is 192 Å². The average Bonchev–Trinajstić information content (AvgIpc) is 3.19. The van der Waals surface area contributed by atoms with E-state index in [0.717, 1.165) is 11.1 Å². The summed E-state index contributed by atoms with van der Waals surface area (Å²) < 4.78 is 5.03. The second-order valence-corrected chi connectivity index (χ2v) is 8.84. The van der Waals surface area contributed by atoms with E-state index in [4.69, 9.17) is 4.74 Å². The third-order valence-electron chi connectivity index (χ3n) is 5.70. The van der Waals surface area contributed by atoms with Crippen LogP contribution in [0.2, 0.25) is 0 Å². The van der Waals surface area contributed by atoms with Gasteiger partial charge in [0.25, 0.3) is 5.91 Å². The number of hydrogen-bond donors (Lipinski definition) is 0. The van der Waals surface area contributed by atoms with Gasteiger partial charge in [-0.15, -0.1) is 11.8 Å². The third kappa shape index (κ3) is 4.91. The van der Waals surface area contributed by atoms with Crippen molar-refractivity contribution < 1.29 is 19.1 Å². The average molecular weight is 454 g/mol. The van der Waals surface area contributed by atoms with Gasteiger partial charge in [-0.05, 0) is 30.2 Å². The Hall–Kier alpha value is -3.00. The minimum atomic E-state index is -0.326. The second-order valence-electron chi connectivity index (χ2n) is 7.77. The summed E-state index contributed by atoms with van der Waals surface area (Å²) >= 11 is 1.61. The van der Waals surface area contributed by atoms with Crippen molar-refractivity contribution >= 4 is 29.7 Å². The highest BCUT2D eigenvalue weighted by Crippen LogP contribution is 2.39. The van der Waals surface area contributed by atoms with E-state index < -0.39 is 0 Å². The van der Waals surface area contributed by atoms with E-state index in [1.165, 1.54) is 0 Å². The van der Waals surface area contributed by atoms with Crippen molar-refractivity contribution in [1.29, 1.82) is 0 Å².